The SMILES string of the molecule is O=C(NCc1ccccc1)C1CCN(S(=O)(=O)c2cccs2)CC1. The fourth-order valence-electron chi connectivity index (χ4n) is 2.83. The quantitative estimate of drug-likeness (QED) is 0.886. The Hall–Kier alpha value is -1.70. The summed E-state index contributed by atoms with van der Waals surface area (Å²) < 4.78 is 26.8. The van der Waals surface area contributed by atoms with Crippen LogP contribution in [0.25, 0.3) is 0 Å². The fourth-order valence-corrected chi connectivity index (χ4v) is 5.44. The predicted octanol–water partition coefficient (Wildman–Crippen LogP) is 2.47. The van der Waals surface area contributed by atoms with Gasteiger partial charge in [0.05, 0.1) is 0 Å². The molecule has 1 fully saturated rings. The third-order valence-electron chi connectivity index (χ3n) is 4.22. The summed E-state index contributed by atoms with van der Waals surface area (Å²) in [5.41, 5.74) is 1.06. The minimum Gasteiger partial charge on any atom is -0.352 e. The summed E-state index contributed by atoms with van der Waals surface area (Å²) in [5, 5.41) is 4.71. The van der Waals surface area contributed by atoms with Gasteiger partial charge in [0, 0.05) is 25.6 Å². The number of benzene rings is 1. The van der Waals surface area contributed by atoms with E-state index >= 15 is 0 Å². The highest BCUT2D eigenvalue weighted by Crippen LogP contribution is 2.26. The van der Waals surface area contributed by atoms with Crippen molar-refractivity contribution in [2.24, 2.45) is 5.92 Å². The Morgan fingerprint density at radius 1 is 1.12 bits per heavy atom. The first kappa shape index (κ1) is 17.1. The van der Waals surface area contributed by atoms with Gasteiger partial charge in [-0.05, 0) is 29.9 Å². The van der Waals surface area contributed by atoms with E-state index in [2.05, 4.69) is 5.32 Å². The van der Waals surface area contributed by atoms with Gasteiger partial charge in [-0.3, -0.25) is 4.79 Å². The maximum Gasteiger partial charge on any atom is 0.252 e. The van der Waals surface area contributed by atoms with E-state index in [9.17, 15) is 13.2 Å². The van der Waals surface area contributed by atoms with Crippen molar-refractivity contribution in [3.05, 3.63) is 53.4 Å². The van der Waals surface area contributed by atoms with Crippen molar-refractivity contribution >= 4 is 27.3 Å². The Balaban J connectivity index is 1.52. The summed E-state index contributed by atoms with van der Waals surface area (Å²) in [6.07, 6.45) is 1.12. The van der Waals surface area contributed by atoms with Gasteiger partial charge in [-0.15, -0.1) is 11.3 Å². The van der Waals surface area contributed by atoms with Gasteiger partial charge < -0.3 is 5.32 Å². The topological polar surface area (TPSA) is 66.5 Å². The lowest BCUT2D eigenvalue weighted by Crippen LogP contribution is -2.42. The lowest BCUT2D eigenvalue weighted by Gasteiger charge is -2.30. The molecule has 2 aromatic rings. The number of carbonyl (C=O) groups excluding carboxylic acids is 1. The molecule has 5 nitrogen and oxygen atoms in total. The second kappa shape index (κ2) is 7.46. The van der Waals surface area contributed by atoms with Crippen LogP contribution in [0, 0.1) is 5.92 Å². The van der Waals surface area contributed by atoms with E-state index in [0.29, 0.717) is 36.7 Å². The number of sulfonamides is 1. The number of hydrogen-bond donors (Lipinski definition) is 1. The van der Waals surface area contributed by atoms with E-state index in [0.717, 1.165) is 5.56 Å². The molecule has 1 aliphatic heterocycles. The van der Waals surface area contributed by atoms with E-state index in [1.807, 2.05) is 30.3 Å². The molecule has 1 amide bonds. The summed E-state index contributed by atoms with van der Waals surface area (Å²) in [6, 6.07) is 13.1. The Bertz CT molecular complexity index is 765. The lowest BCUT2D eigenvalue weighted by atomic mass is 9.97. The Kier molecular flexibility index (Phi) is 5.33. The molecule has 1 aliphatic rings. The Morgan fingerprint density at radius 2 is 1.83 bits per heavy atom. The molecule has 128 valence electrons. The highest BCUT2D eigenvalue weighted by Gasteiger charge is 2.32. The molecule has 2 heterocycles. The van der Waals surface area contributed by atoms with Crippen molar-refractivity contribution in [3.63, 3.8) is 0 Å². The zero-order chi connectivity index (χ0) is 17.0. The zero-order valence-electron chi connectivity index (χ0n) is 13.2. The number of piperidine rings is 1. The third-order valence-corrected chi connectivity index (χ3v) is 7.50. The highest BCUT2D eigenvalue weighted by molar-refractivity contribution is 7.91. The molecule has 1 N–H and O–H groups in total. The van der Waals surface area contributed by atoms with Gasteiger partial charge in [0.1, 0.15) is 4.21 Å². The molecule has 0 bridgehead atoms. The summed E-state index contributed by atoms with van der Waals surface area (Å²) in [5.74, 6) is -0.115. The first-order chi connectivity index (χ1) is 11.6. The zero-order valence-corrected chi connectivity index (χ0v) is 14.9. The van der Waals surface area contributed by atoms with E-state index < -0.39 is 10.0 Å². The number of thiophene rings is 1. The molecule has 0 aliphatic carbocycles. The first-order valence-corrected chi connectivity index (χ1v) is 10.2. The number of carbonyl (C=O) groups is 1. The first-order valence-electron chi connectivity index (χ1n) is 7.92. The van der Waals surface area contributed by atoms with Crippen LogP contribution < -0.4 is 5.32 Å². The maximum absolute atomic E-state index is 12.5. The van der Waals surface area contributed by atoms with Crippen LogP contribution in [0.15, 0.2) is 52.1 Å². The smallest absolute Gasteiger partial charge is 0.252 e. The van der Waals surface area contributed by atoms with Crippen molar-refractivity contribution < 1.29 is 13.2 Å². The fraction of sp³-hybridized carbons (Fsp3) is 0.353. The van der Waals surface area contributed by atoms with Gasteiger partial charge in [-0.25, -0.2) is 8.42 Å². The monoisotopic (exact) mass is 364 g/mol. The van der Waals surface area contributed by atoms with Crippen molar-refractivity contribution in [2.75, 3.05) is 13.1 Å². The second-order valence-corrected chi connectivity index (χ2v) is 8.93. The number of nitrogens with zero attached hydrogens (tertiary/aromatic N) is 1. The van der Waals surface area contributed by atoms with Crippen LogP contribution in [0.3, 0.4) is 0 Å². The molecule has 1 aromatic carbocycles. The van der Waals surface area contributed by atoms with Gasteiger partial charge in [-0.1, -0.05) is 36.4 Å². The average Bonchev–Trinajstić information content (AvgIpc) is 3.16. The van der Waals surface area contributed by atoms with Gasteiger partial charge in [-0.2, -0.15) is 4.31 Å². The molecule has 0 radical (unpaired) electrons. The largest absolute Gasteiger partial charge is 0.352 e. The van der Waals surface area contributed by atoms with Gasteiger partial charge in [0.25, 0.3) is 10.0 Å². The molecule has 1 saturated heterocycles. The number of amides is 1. The van der Waals surface area contributed by atoms with Crippen LogP contribution in [-0.4, -0.2) is 31.7 Å². The van der Waals surface area contributed by atoms with E-state index in [-0.39, 0.29) is 11.8 Å². The Labute approximate surface area is 146 Å². The average molecular weight is 364 g/mol. The molecular formula is C17H20N2O3S2. The number of hydrogen-bond acceptors (Lipinski definition) is 4. The predicted molar refractivity (Wildman–Crippen MR) is 94.1 cm³/mol. The summed E-state index contributed by atoms with van der Waals surface area (Å²) >= 11 is 1.23. The van der Waals surface area contributed by atoms with Crippen molar-refractivity contribution in [3.8, 4) is 0 Å². The van der Waals surface area contributed by atoms with Crippen molar-refractivity contribution in [2.45, 2.75) is 23.6 Å². The lowest BCUT2D eigenvalue weighted by molar-refractivity contribution is -0.126. The van der Waals surface area contributed by atoms with Crippen LogP contribution in [0.1, 0.15) is 18.4 Å². The van der Waals surface area contributed by atoms with Gasteiger partial charge in [0.2, 0.25) is 5.91 Å². The normalized spacial score (nSPS) is 16.8. The Morgan fingerprint density at radius 3 is 2.46 bits per heavy atom. The van der Waals surface area contributed by atoms with Crippen LogP contribution in [0.5, 0.6) is 0 Å². The molecule has 1 aromatic heterocycles. The molecule has 0 unspecified atom stereocenters. The molecule has 7 heteroatoms. The minimum absolute atomic E-state index is 0.00650. The van der Waals surface area contributed by atoms with E-state index in [1.54, 1.807) is 17.5 Å². The van der Waals surface area contributed by atoms with Gasteiger partial charge in [0.15, 0.2) is 0 Å². The van der Waals surface area contributed by atoms with E-state index in [1.165, 1.54) is 15.6 Å². The molecule has 0 saturated carbocycles. The summed E-state index contributed by atoms with van der Waals surface area (Å²) in [6.45, 7) is 1.29. The second-order valence-electron chi connectivity index (χ2n) is 5.81. The molecule has 0 spiro atoms. The van der Waals surface area contributed by atoms with Gasteiger partial charge >= 0.3 is 0 Å². The van der Waals surface area contributed by atoms with Crippen LogP contribution in [-0.2, 0) is 21.4 Å². The standard InChI is InChI=1S/C17H20N2O3S2/c20-17(18-13-14-5-2-1-3-6-14)15-8-10-19(11-9-15)24(21,22)16-7-4-12-23-16/h1-7,12,15H,8-11,13H2,(H,18,20). The van der Waals surface area contributed by atoms with Crippen molar-refractivity contribution in [1.29, 1.82) is 0 Å². The van der Waals surface area contributed by atoms with Crippen molar-refractivity contribution in [1.82, 2.24) is 9.62 Å². The number of rotatable bonds is 5. The minimum atomic E-state index is -3.40. The highest BCUT2D eigenvalue weighted by atomic mass is 32.2. The summed E-state index contributed by atoms with van der Waals surface area (Å²) in [4.78, 5) is 12.3. The third kappa shape index (κ3) is 3.85. The van der Waals surface area contributed by atoms with Crippen LogP contribution >= 0.6 is 11.3 Å². The maximum atomic E-state index is 12.5. The molecular weight excluding hydrogens is 344 g/mol. The van der Waals surface area contributed by atoms with Crippen LogP contribution in [0.4, 0.5) is 0 Å². The van der Waals surface area contributed by atoms with Crippen LogP contribution in [0.2, 0.25) is 0 Å². The number of nitrogens with one attached hydrogen (secondary N) is 1. The molecule has 0 atom stereocenters. The molecule has 24 heavy (non-hydrogen) atoms. The molecule has 3 rings (SSSR count). The van der Waals surface area contributed by atoms with E-state index in [4.69, 9.17) is 0 Å². The summed E-state index contributed by atoms with van der Waals surface area (Å²) in [7, 11) is -3.40.